The van der Waals surface area contributed by atoms with Crippen molar-refractivity contribution in [3.8, 4) is 0 Å². The van der Waals surface area contributed by atoms with Crippen molar-refractivity contribution < 1.29 is 19.1 Å². The zero-order valence-electron chi connectivity index (χ0n) is 9.89. The topological polar surface area (TPSA) is 79.7 Å². The van der Waals surface area contributed by atoms with Gasteiger partial charge in [0, 0.05) is 0 Å². The van der Waals surface area contributed by atoms with Gasteiger partial charge in [-0.2, -0.15) is 0 Å². The number of hydrogen-bond donors (Lipinski definition) is 2. The van der Waals surface area contributed by atoms with Crippen molar-refractivity contribution in [1.82, 2.24) is 4.98 Å². The number of halogens is 2. The second kappa shape index (κ2) is 6.18. The molecule has 0 radical (unpaired) electrons. The summed E-state index contributed by atoms with van der Waals surface area (Å²) >= 11 is 12.6. The first kappa shape index (κ1) is 16.4. The van der Waals surface area contributed by atoms with Crippen LogP contribution in [0.25, 0.3) is 0 Å². The molecule has 0 bridgehead atoms. The van der Waals surface area contributed by atoms with Crippen LogP contribution >= 0.6 is 42.1 Å². The molecular formula is C9H14Cl2NO4PS. The van der Waals surface area contributed by atoms with E-state index in [1.165, 1.54) is 0 Å². The smallest absolute Gasteiger partial charge is 0.357 e. The van der Waals surface area contributed by atoms with Crippen LogP contribution in [0.1, 0.15) is 31.6 Å². The molecule has 1 aromatic rings. The molecule has 0 amide bonds. The van der Waals surface area contributed by atoms with Crippen molar-refractivity contribution >= 4 is 42.1 Å². The van der Waals surface area contributed by atoms with Gasteiger partial charge in [0.1, 0.15) is 5.15 Å². The second-order valence-corrected chi connectivity index (χ2v) is 7.59. The van der Waals surface area contributed by atoms with Crippen LogP contribution in [0, 0.1) is 0 Å². The van der Waals surface area contributed by atoms with E-state index in [9.17, 15) is 14.4 Å². The number of nitrogens with zero attached hydrogens (tertiary/aromatic N) is 1. The highest BCUT2D eigenvalue weighted by Crippen LogP contribution is 2.55. The number of hydrogen-bond acceptors (Lipinski definition) is 4. The molecule has 1 aromatic heterocycles. The predicted molar refractivity (Wildman–Crippen MR) is 72.3 cm³/mol. The normalized spacial score (nSPS) is 13.0. The van der Waals surface area contributed by atoms with Gasteiger partial charge in [-0.15, -0.1) is 11.3 Å². The summed E-state index contributed by atoms with van der Waals surface area (Å²) in [6, 6.07) is 0. The van der Waals surface area contributed by atoms with E-state index >= 15 is 0 Å². The Kier molecular flexibility index (Phi) is 5.62. The van der Waals surface area contributed by atoms with E-state index in [0.29, 0.717) is 4.88 Å². The SMILES string of the molecule is CCC(CC)(OCc1sc(Cl)nc1Cl)P(=O)(O)O. The summed E-state index contributed by atoms with van der Waals surface area (Å²) in [5, 5.41) is -1.27. The molecular weight excluding hydrogens is 320 g/mol. The number of thiazole rings is 1. The van der Waals surface area contributed by atoms with E-state index in [-0.39, 0.29) is 29.1 Å². The van der Waals surface area contributed by atoms with E-state index in [4.69, 9.17) is 27.9 Å². The van der Waals surface area contributed by atoms with E-state index in [0.717, 1.165) is 11.3 Å². The summed E-state index contributed by atoms with van der Waals surface area (Å²) in [6.07, 6.45) is 0.413. The van der Waals surface area contributed by atoms with E-state index in [1.807, 2.05) is 0 Å². The van der Waals surface area contributed by atoms with Crippen LogP contribution < -0.4 is 0 Å². The Hall–Kier alpha value is 0.320. The average Bonchev–Trinajstić information content (AvgIpc) is 2.57. The summed E-state index contributed by atoms with van der Waals surface area (Å²) in [4.78, 5) is 23.1. The monoisotopic (exact) mass is 333 g/mol. The Bertz CT molecular complexity index is 457. The fourth-order valence-electron chi connectivity index (χ4n) is 1.55. The number of rotatable bonds is 6. The van der Waals surface area contributed by atoms with E-state index in [2.05, 4.69) is 4.98 Å². The lowest BCUT2D eigenvalue weighted by atomic mass is 10.2. The Morgan fingerprint density at radius 1 is 1.39 bits per heavy atom. The average molecular weight is 334 g/mol. The Morgan fingerprint density at radius 2 is 1.94 bits per heavy atom. The molecule has 0 aromatic carbocycles. The lowest BCUT2D eigenvalue weighted by molar-refractivity contribution is -0.0165. The van der Waals surface area contributed by atoms with Crippen LogP contribution in [0.15, 0.2) is 0 Å². The molecule has 0 spiro atoms. The predicted octanol–water partition coefficient (Wildman–Crippen LogP) is 3.66. The fraction of sp³-hybridized carbons (Fsp3) is 0.667. The first-order valence-electron chi connectivity index (χ1n) is 5.26. The molecule has 18 heavy (non-hydrogen) atoms. The molecule has 1 rings (SSSR count). The lowest BCUT2D eigenvalue weighted by Gasteiger charge is -2.32. The summed E-state index contributed by atoms with van der Waals surface area (Å²) in [6.45, 7) is 3.32. The zero-order chi connectivity index (χ0) is 14.0. The van der Waals surface area contributed by atoms with Gasteiger partial charge >= 0.3 is 7.60 Å². The highest BCUT2D eigenvalue weighted by molar-refractivity contribution is 7.53. The van der Waals surface area contributed by atoms with Gasteiger partial charge in [0.25, 0.3) is 0 Å². The van der Waals surface area contributed by atoms with E-state index in [1.54, 1.807) is 13.8 Å². The third-order valence-corrected chi connectivity index (χ3v) is 6.11. The van der Waals surface area contributed by atoms with Crippen LogP contribution in [0.4, 0.5) is 0 Å². The van der Waals surface area contributed by atoms with Crippen molar-refractivity contribution in [3.63, 3.8) is 0 Å². The van der Waals surface area contributed by atoms with Crippen molar-refractivity contribution in [2.24, 2.45) is 0 Å². The van der Waals surface area contributed by atoms with Gasteiger partial charge in [-0.3, -0.25) is 4.57 Å². The molecule has 0 aliphatic carbocycles. The number of aromatic nitrogens is 1. The molecule has 104 valence electrons. The fourth-order valence-corrected chi connectivity index (χ4v) is 3.90. The highest BCUT2D eigenvalue weighted by Gasteiger charge is 2.45. The molecule has 0 saturated heterocycles. The summed E-state index contributed by atoms with van der Waals surface area (Å²) < 4.78 is 17.2. The Morgan fingerprint density at radius 3 is 2.28 bits per heavy atom. The van der Waals surface area contributed by atoms with E-state index < -0.39 is 12.9 Å². The van der Waals surface area contributed by atoms with Gasteiger partial charge in [0.15, 0.2) is 9.81 Å². The summed E-state index contributed by atoms with van der Waals surface area (Å²) in [5.74, 6) is 0. The molecule has 2 N–H and O–H groups in total. The molecule has 1 heterocycles. The molecule has 0 aliphatic rings. The second-order valence-electron chi connectivity index (χ2n) is 3.67. The van der Waals surface area contributed by atoms with Crippen molar-refractivity contribution in [2.75, 3.05) is 0 Å². The standard InChI is InChI=1S/C9H14Cl2NO4PS/c1-3-9(4-2,17(13,14)15)16-5-6-7(10)12-8(11)18-6/h3-5H2,1-2H3,(H2,13,14,15). The van der Waals surface area contributed by atoms with Crippen LogP contribution in [-0.4, -0.2) is 20.1 Å². The molecule has 0 unspecified atom stereocenters. The first-order chi connectivity index (χ1) is 8.25. The molecule has 0 atom stereocenters. The molecule has 0 aliphatic heterocycles. The van der Waals surface area contributed by atoms with Gasteiger partial charge in [0.05, 0.1) is 11.5 Å². The Balaban J connectivity index is 2.87. The van der Waals surface area contributed by atoms with Crippen LogP contribution in [0.5, 0.6) is 0 Å². The minimum absolute atomic E-state index is 0.0178. The van der Waals surface area contributed by atoms with Crippen molar-refractivity contribution in [2.45, 2.75) is 38.6 Å². The molecule has 0 fully saturated rings. The minimum atomic E-state index is -4.37. The quantitative estimate of drug-likeness (QED) is 0.776. The van der Waals surface area contributed by atoms with Crippen LogP contribution in [0.2, 0.25) is 9.62 Å². The van der Waals surface area contributed by atoms with Crippen molar-refractivity contribution in [3.05, 3.63) is 14.5 Å². The van der Waals surface area contributed by atoms with Gasteiger partial charge in [-0.25, -0.2) is 4.98 Å². The van der Waals surface area contributed by atoms with Crippen LogP contribution in [0.3, 0.4) is 0 Å². The maximum Gasteiger partial charge on any atom is 0.357 e. The largest absolute Gasteiger partial charge is 0.357 e. The highest BCUT2D eigenvalue weighted by atomic mass is 35.5. The summed E-state index contributed by atoms with van der Waals surface area (Å²) in [5.41, 5.74) is 0. The van der Waals surface area contributed by atoms with Crippen molar-refractivity contribution in [1.29, 1.82) is 0 Å². The molecule has 5 nitrogen and oxygen atoms in total. The maximum atomic E-state index is 11.5. The van der Waals surface area contributed by atoms with Gasteiger partial charge in [-0.05, 0) is 12.8 Å². The third-order valence-electron chi connectivity index (χ3n) is 2.73. The van der Waals surface area contributed by atoms with Gasteiger partial charge in [0.2, 0.25) is 0 Å². The third kappa shape index (κ3) is 3.45. The number of ether oxygens (including phenoxy) is 1. The van der Waals surface area contributed by atoms with Gasteiger partial charge in [-0.1, -0.05) is 37.0 Å². The van der Waals surface area contributed by atoms with Gasteiger partial charge < -0.3 is 14.5 Å². The molecule has 9 heteroatoms. The first-order valence-corrected chi connectivity index (χ1v) is 8.44. The minimum Gasteiger partial charge on any atom is -0.357 e. The van der Waals surface area contributed by atoms with Crippen LogP contribution in [-0.2, 0) is 15.9 Å². The summed E-state index contributed by atoms with van der Waals surface area (Å²) in [7, 11) is -4.37. The zero-order valence-corrected chi connectivity index (χ0v) is 13.1. The maximum absolute atomic E-state index is 11.5. The molecule has 0 saturated carbocycles. The lowest BCUT2D eigenvalue weighted by Crippen LogP contribution is -2.30. The Labute approximate surface area is 119 Å².